The first-order valence-corrected chi connectivity index (χ1v) is 6.25. The molecule has 1 unspecified atom stereocenters. The van der Waals surface area contributed by atoms with E-state index in [0.29, 0.717) is 23.3 Å². The van der Waals surface area contributed by atoms with Gasteiger partial charge >= 0.3 is 5.97 Å². The molecular formula is C15H22O2. The van der Waals surface area contributed by atoms with E-state index in [1.807, 2.05) is 12.1 Å². The van der Waals surface area contributed by atoms with Crippen molar-refractivity contribution in [2.24, 2.45) is 11.8 Å². The Hall–Kier alpha value is -1.31. The molecule has 2 heteroatoms. The third-order valence-electron chi connectivity index (χ3n) is 3.12. The van der Waals surface area contributed by atoms with Crippen molar-refractivity contribution in [3.8, 4) is 0 Å². The lowest BCUT2D eigenvalue weighted by Gasteiger charge is -2.23. The monoisotopic (exact) mass is 234 g/mol. The minimum Gasteiger partial charge on any atom is -0.478 e. The third-order valence-corrected chi connectivity index (χ3v) is 3.12. The first-order valence-electron chi connectivity index (χ1n) is 6.25. The predicted molar refractivity (Wildman–Crippen MR) is 70.4 cm³/mol. The number of aromatic carboxylic acids is 1. The quantitative estimate of drug-likeness (QED) is 0.830. The van der Waals surface area contributed by atoms with E-state index in [1.165, 1.54) is 5.56 Å². The summed E-state index contributed by atoms with van der Waals surface area (Å²) in [5.74, 6) is 0.883. The molecule has 0 aromatic heterocycles. The highest BCUT2D eigenvalue weighted by atomic mass is 16.4. The van der Waals surface area contributed by atoms with Crippen molar-refractivity contribution in [1.29, 1.82) is 0 Å². The molecule has 0 aliphatic rings. The molecular weight excluding hydrogens is 212 g/mol. The number of carboxylic acid groups (broad SMARTS) is 1. The third kappa shape index (κ3) is 3.88. The van der Waals surface area contributed by atoms with Crippen LogP contribution < -0.4 is 0 Å². The Balaban J connectivity index is 2.91. The van der Waals surface area contributed by atoms with Gasteiger partial charge in [-0.3, -0.25) is 0 Å². The maximum Gasteiger partial charge on any atom is 0.335 e. The van der Waals surface area contributed by atoms with Gasteiger partial charge in [-0.15, -0.1) is 0 Å². The Morgan fingerprint density at radius 1 is 1.12 bits per heavy atom. The summed E-state index contributed by atoms with van der Waals surface area (Å²) in [6.45, 7) is 8.89. The maximum absolute atomic E-state index is 10.8. The lowest BCUT2D eigenvalue weighted by atomic mass is 9.82. The summed E-state index contributed by atoms with van der Waals surface area (Å²) in [7, 11) is 0. The van der Waals surface area contributed by atoms with Crippen LogP contribution in [-0.2, 0) is 0 Å². The van der Waals surface area contributed by atoms with Gasteiger partial charge < -0.3 is 5.11 Å². The van der Waals surface area contributed by atoms with Crippen LogP contribution in [-0.4, -0.2) is 11.1 Å². The summed E-state index contributed by atoms with van der Waals surface area (Å²) < 4.78 is 0. The van der Waals surface area contributed by atoms with Crippen LogP contribution >= 0.6 is 0 Å². The maximum atomic E-state index is 10.8. The first-order chi connectivity index (χ1) is 7.91. The summed E-state index contributed by atoms with van der Waals surface area (Å²) in [6.07, 6.45) is 1.14. The average molecular weight is 234 g/mol. The molecule has 94 valence electrons. The highest BCUT2D eigenvalue weighted by Crippen LogP contribution is 2.31. The molecule has 0 saturated heterocycles. The normalized spacial score (nSPS) is 13.1. The van der Waals surface area contributed by atoms with E-state index in [4.69, 9.17) is 5.11 Å². The van der Waals surface area contributed by atoms with Crippen LogP contribution in [0.5, 0.6) is 0 Å². The van der Waals surface area contributed by atoms with Crippen molar-refractivity contribution in [3.63, 3.8) is 0 Å². The van der Waals surface area contributed by atoms with Crippen molar-refractivity contribution < 1.29 is 9.90 Å². The molecule has 0 amide bonds. The molecule has 1 aromatic rings. The van der Waals surface area contributed by atoms with Gasteiger partial charge in [-0.2, -0.15) is 0 Å². The second-order valence-corrected chi connectivity index (χ2v) is 5.41. The van der Waals surface area contributed by atoms with Crippen molar-refractivity contribution in [3.05, 3.63) is 35.4 Å². The molecule has 17 heavy (non-hydrogen) atoms. The molecule has 1 rings (SSSR count). The molecule has 0 aliphatic carbocycles. The van der Waals surface area contributed by atoms with Crippen LogP contribution in [0.25, 0.3) is 0 Å². The molecule has 0 radical (unpaired) electrons. The Morgan fingerprint density at radius 3 is 2.00 bits per heavy atom. The number of carboxylic acids is 1. The van der Waals surface area contributed by atoms with Crippen LogP contribution in [0.15, 0.2) is 24.3 Å². The van der Waals surface area contributed by atoms with Gasteiger partial charge in [0.25, 0.3) is 0 Å². The molecule has 0 aliphatic heterocycles. The lowest BCUT2D eigenvalue weighted by Crippen LogP contribution is -2.10. The van der Waals surface area contributed by atoms with E-state index in [9.17, 15) is 4.79 Å². The highest BCUT2D eigenvalue weighted by molar-refractivity contribution is 5.87. The second kappa shape index (κ2) is 5.85. The Labute approximate surface area is 104 Å². The van der Waals surface area contributed by atoms with Gasteiger partial charge in [0.1, 0.15) is 0 Å². The molecule has 1 N–H and O–H groups in total. The molecule has 1 aromatic carbocycles. The Bertz CT molecular complexity index is 363. The number of hydrogen-bond acceptors (Lipinski definition) is 1. The van der Waals surface area contributed by atoms with Crippen LogP contribution in [0.3, 0.4) is 0 Å². The predicted octanol–water partition coefficient (Wildman–Crippen LogP) is 4.17. The van der Waals surface area contributed by atoms with E-state index in [2.05, 4.69) is 27.7 Å². The molecule has 0 fully saturated rings. The SMILES string of the molecule is CC(C)CC(c1ccc(C(=O)O)cc1)C(C)C. The lowest BCUT2D eigenvalue weighted by molar-refractivity contribution is 0.0697. The van der Waals surface area contributed by atoms with Gasteiger partial charge in [0.15, 0.2) is 0 Å². The zero-order valence-corrected chi connectivity index (χ0v) is 11.1. The summed E-state index contributed by atoms with van der Waals surface area (Å²) in [5.41, 5.74) is 1.61. The van der Waals surface area contributed by atoms with Crippen molar-refractivity contribution in [2.75, 3.05) is 0 Å². The van der Waals surface area contributed by atoms with Crippen molar-refractivity contribution in [1.82, 2.24) is 0 Å². The van der Waals surface area contributed by atoms with E-state index >= 15 is 0 Å². The van der Waals surface area contributed by atoms with Crippen LogP contribution in [0.4, 0.5) is 0 Å². The number of hydrogen-bond donors (Lipinski definition) is 1. The molecule has 0 saturated carbocycles. The molecule has 0 bridgehead atoms. The van der Waals surface area contributed by atoms with Crippen molar-refractivity contribution >= 4 is 5.97 Å². The van der Waals surface area contributed by atoms with E-state index < -0.39 is 5.97 Å². The minimum absolute atomic E-state index is 0.362. The van der Waals surface area contributed by atoms with Gasteiger partial charge in [-0.1, -0.05) is 39.8 Å². The number of carbonyl (C=O) groups is 1. The summed E-state index contributed by atoms with van der Waals surface area (Å²) in [4.78, 5) is 10.8. The standard InChI is InChI=1S/C15H22O2/c1-10(2)9-14(11(3)4)12-5-7-13(8-6-12)15(16)17/h5-8,10-11,14H,9H2,1-4H3,(H,16,17). The largest absolute Gasteiger partial charge is 0.478 e. The van der Waals surface area contributed by atoms with Crippen LogP contribution in [0.1, 0.15) is 56.0 Å². The molecule has 0 spiro atoms. The second-order valence-electron chi connectivity index (χ2n) is 5.41. The zero-order valence-electron chi connectivity index (χ0n) is 11.1. The van der Waals surface area contributed by atoms with E-state index in [0.717, 1.165) is 6.42 Å². The molecule has 1 atom stereocenters. The van der Waals surface area contributed by atoms with E-state index in [1.54, 1.807) is 12.1 Å². The molecule has 2 nitrogen and oxygen atoms in total. The summed E-state index contributed by atoms with van der Waals surface area (Å²) >= 11 is 0. The van der Waals surface area contributed by atoms with Gasteiger partial charge in [-0.05, 0) is 41.9 Å². The van der Waals surface area contributed by atoms with Crippen LogP contribution in [0.2, 0.25) is 0 Å². The molecule has 0 heterocycles. The average Bonchev–Trinajstić information content (AvgIpc) is 2.25. The van der Waals surface area contributed by atoms with Crippen molar-refractivity contribution in [2.45, 2.75) is 40.0 Å². The Morgan fingerprint density at radius 2 is 1.65 bits per heavy atom. The van der Waals surface area contributed by atoms with Gasteiger partial charge in [0, 0.05) is 0 Å². The zero-order chi connectivity index (χ0) is 13.0. The smallest absolute Gasteiger partial charge is 0.335 e. The van der Waals surface area contributed by atoms with E-state index in [-0.39, 0.29) is 0 Å². The fourth-order valence-corrected chi connectivity index (χ4v) is 2.17. The Kier molecular flexibility index (Phi) is 4.73. The van der Waals surface area contributed by atoms with Gasteiger partial charge in [-0.25, -0.2) is 4.79 Å². The van der Waals surface area contributed by atoms with Gasteiger partial charge in [0.2, 0.25) is 0 Å². The highest BCUT2D eigenvalue weighted by Gasteiger charge is 2.17. The van der Waals surface area contributed by atoms with Gasteiger partial charge in [0.05, 0.1) is 5.56 Å². The number of benzene rings is 1. The fraction of sp³-hybridized carbons (Fsp3) is 0.533. The first kappa shape index (κ1) is 13.8. The summed E-state index contributed by atoms with van der Waals surface area (Å²) in [6, 6.07) is 7.31. The fourth-order valence-electron chi connectivity index (χ4n) is 2.17. The topological polar surface area (TPSA) is 37.3 Å². The minimum atomic E-state index is -0.860. The number of rotatable bonds is 5. The van der Waals surface area contributed by atoms with Crippen LogP contribution in [0, 0.1) is 11.8 Å². The summed E-state index contributed by atoms with van der Waals surface area (Å²) in [5, 5.41) is 8.87.